The first-order chi connectivity index (χ1) is 12.5. The molecule has 3 heterocycles. The third-order valence-electron chi connectivity index (χ3n) is 6.06. The summed E-state index contributed by atoms with van der Waals surface area (Å²) in [6.07, 6.45) is 7.44. The van der Waals surface area contributed by atoms with Crippen molar-refractivity contribution in [3.05, 3.63) is 52.0 Å². The van der Waals surface area contributed by atoms with E-state index in [9.17, 15) is 0 Å². The Morgan fingerprint density at radius 1 is 1.35 bits per heavy atom. The van der Waals surface area contributed by atoms with E-state index in [2.05, 4.69) is 55.1 Å². The number of aromatic nitrogens is 1. The summed E-state index contributed by atoms with van der Waals surface area (Å²) in [5.41, 5.74) is 2.99. The highest BCUT2D eigenvalue weighted by Gasteiger charge is 2.43. The predicted octanol–water partition coefficient (Wildman–Crippen LogP) is 5.05. The predicted molar refractivity (Wildman–Crippen MR) is 110 cm³/mol. The van der Waals surface area contributed by atoms with E-state index in [1.807, 2.05) is 29.8 Å². The highest BCUT2D eigenvalue weighted by Crippen LogP contribution is 2.42. The Hall–Kier alpha value is -1.23. The van der Waals surface area contributed by atoms with E-state index in [-0.39, 0.29) is 11.0 Å². The smallest absolute Gasteiger partial charge is 0.0535 e. The first-order valence-corrected chi connectivity index (χ1v) is 10.6. The van der Waals surface area contributed by atoms with Crippen LogP contribution < -0.4 is 0 Å². The van der Waals surface area contributed by atoms with Crippen LogP contribution in [0.2, 0.25) is 0 Å². The monoisotopic (exact) mass is 372 g/mol. The maximum Gasteiger partial charge on any atom is 0.0535 e. The first-order valence-electron chi connectivity index (χ1n) is 9.73. The quantitative estimate of drug-likeness (QED) is 0.648. The molecule has 2 aromatic heterocycles. The second-order valence-electron chi connectivity index (χ2n) is 8.14. The molecule has 1 saturated heterocycles. The molecule has 1 unspecified atom stereocenters. The Balaban J connectivity index is 1.73. The van der Waals surface area contributed by atoms with Gasteiger partial charge in [-0.05, 0) is 82.1 Å². The molecule has 0 saturated carbocycles. The summed E-state index contributed by atoms with van der Waals surface area (Å²) in [7, 11) is 0. The van der Waals surface area contributed by atoms with Crippen molar-refractivity contribution in [2.24, 2.45) is 5.41 Å². The fourth-order valence-electron chi connectivity index (χ4n) is 4.07. The van der Waals surface area contributed by atoms with E-state index < -0.39 is 0 Å². The Morgan fingerprint density at radius 2 is 2.19 bits per heavy atom. The van der Waals surface area contributed by atoms with E-state index >= 15 is 0 Å². The number of ether oxygens (including phenoxy) is 1. The summed E-state index contributed by atoms with van der Waals surface area (Å²) < 4.78 is 5.95. The third-order valence-corrected chi connectivity index (χ3v) is 7.14. The lowest BCUT2D eigenvalue weighted by molar-refractivity contribution is 0.0385. The molecule has 142 valence electrons. The Kier molecular flexibility index (Phi) is 6.16. The largest absolute Gasteiger partial charge is 0.381 e. The van der Waals surface area contributed by atoms with E-state index in [1.165, 1.54) is 28.8 Å². The summed E-state index contributed by atoms with van der Waals surface area (Å²) in [6, 6.07) is 6.48. The molecule has 0 radical (unpaired) electrons. The molecule has 3 rings (SSSR count). The van der Waals surface area contributed by atoms with Crippen LogP contribution in [0.15, 0.2) is 36.0 Å². The van der Waals surface area contributed by atoms with Gasteiger partial charge in [-0.3, -0.25) is 9.88 Å². The Labute approximate surface area is 162 Å². The van der Waals surface area contributed by atoms with Crippen LogP contribution in [0.3, 0.4) is 0 Å². The number of hydrogen-bond acceptors (Lipinski definition) is 4. The average molecular weight is 373 g/mol. The van der Waals surface area contributed by atoms with Gasteiger partial charge in [0.2, 0.25) is 0 Å². The molecular formula is C22H32N2OS. The topological polar surface area (TPSA) is 25.4 Å². The van der Waals surface area contributed by atoms with Crippen LogP contribution in [0.1, 0.15) is 49.6 Å². The summed E-state index contributed by atoms with van der Waals surface area (Å²) in [5.74, 6) is 0. The van der Waals surface area contributed by atoms with Crippen molar-refractivity contribution in [3.8, 4) is 0 Å². The van der Waals surface area contributed by atoms with Gasteiger partial charge in [0.1, 0.15) is 0 Å². The zero-order valence-corrected chi connectivity index (χ0v) is 17.4. The molecular weight excluding hydrogens is 340 g/mol. The summed E-state index contributed by atoms with van der Waals surface area (Å²) in [5, 5.41) is 2.21. The van der Waals surface area contributed by atoms with Crippen LogP contribution in [0, 0.1) is 12.3 Å². The molecule has 0 amide bonds. The van der Waals surface area contributed by atoms with E-state index in [4.69, 9.17) is 4.74 Å². The van der Waals surface area contributed by atoms with Gasteiger partial charge in [0, 0.05) is 41.4 Å². The summed E-state index contributed by atoms with van der Waals surface area (Å²) in [4.78, 5) is 8.50. The molecule has 1 atom stereocenters. The number of hydrogen-bond donors (Lipinski definition) is 0. The van der Waals surface area contributed by atoms with E-state index in [1.54, 1.807) is 0 Å². The number of thiophene rings is 1. The highest BCUT2D eigenvalue weighted by atomic mass is 32.1. The molecule has 26 heavy (non-hydrogen) atoms. The second-order valence-corrected chi connectivity index (χ2v) is 9.14. The van der Waals surface area contributed by atoms with Crippen LogP contribution >= 0.6 is 11.3 Å². The molecule has 0 spiro atoms. The fraction of sp³-hybridized carbons (Fsp3) is 0.591. The van der Waals surface area contributed by atoms with Gasteiger partial charge in [0.05, 0.1) is 6.61 Å². The number of likely N-dealkylation sites (tertiary alicyclic amines) is 1. The standard InChI is InChI=1S/C22H32N2OS/c1-5-25-17-22(10-8-20-18(2)9-14-26-20)11-13-24(16-22)21(3,4)19-7-6-12-23-15-19/h6-7,9,12,14-15H,5,8,10-11,13,16-17H2,1-4H3. The lowest BCUT2D eigenvalue weighted by Crippen LogP contribution is -2.42. The Bertz CT molecular complexity index is 697. The van der Waals surface area contributed by atoms with Crippen molar-refractivity contribution in [1.29, 1.82) is 0 Å². The molecule has 3 nitrogen and oxygen atoms in total. The van der Waals surface area contributed by atoms with Gasteiger partial charge in [-0.2, -0.15) is 0 Å². The van der Waals surface area contributed by atoms with Gasteiger partial charge in [-0.1, -0.05) is 6.07 Å². The normalized spacial score (nSPS) is 21.4. The number of nitrogens with zero attached hydrogens (tertiary/aromatic N) is 2. The molecule has 4 heteroatoms. The van der Waals surface area contributed by atoms with Crippen LogP contribution in [-0.2, 0) is 16.7 Å². The zero-order chi connectivity index (χ0) is 18.6. The molecule has 0 N–H and O–H groups in total. The van der Waals surface area contributed by atoms with Crippen molar-refractivity contribution in [2.75, 3.05) is 26.3 Å². The second kappa shape index (κ2) is 8.20. The van der Waals surface area contributed by atoms with Crippen molar-refractivity contribution in [2.45, 2.75) is 52.5 Å². The van der Waals surface area contributed by atoms with E-state index in [0.29, 0.717) is 0 Å². The van der Waals surface area contributed by atoms with Gasteiger partial charge >= 0.3 is 0 Å². The first kappa shape index (κ1) is 19.5. The number of rotatable bonds is 8. The van der Waals surface area contributed by atoms with E-state index in [0.717, 1.165) is 32.7 Å². The minimum absolute atomic E-state index is 0.00106. The van der Waals surface area contributed by atoms with Crippen LogP contribution in [0.25, 0.3) is 0 Å². The van der Waals surface area contributed by atoms with Gasteiger partial charge in [0.15, 0.2) is 0 Å². The zero-order valence-electron chi connectivity index (χ0n) is 16.6. The maximum absolute atomic E-state index is 5.95. The third kappa shape index (κ3) is 4.19. The van der Waals surface area contributed by atoms with Crippen molar-refractivity contribution >= 4 is 11.3 Å². The number of pyridine rings is 1. The highest BCUT2D eigenvalue weighted by molar-refractivity contribution is 7.10. The molecule has 2 aromatic rings. The maximum atomic E-state index is 5.95. The van der Waals surface area contributed by atoms with Crippen LogP contribution in [-0.4, -0.2) is 36.2 Å². The van der Waals surface area contributed by atoms with Crippen molar-refractivity contribution in [1.82, 2.24) is 9.88 Å². The molecule has 0 aromatic carbocycles. The van der Waals surface area contributed by atoms with Crippen LogP contribution in [0.5, 0.6) is 0 Å². The lowest BCUT2D eigenvalue weighted by Gasteiger charge is -2.38. The molecule has 1 aliphatic rings. The fourth-order valence-corrected chi connectivity index (χ4v) is 4.98. The SMILES string of the molecule is CCOCC1(CCc2sccc2C)CCN(C(C)(C)c2cccnc2)C1. The summed E-state index contributed by atoms with van der Waals surface area (Å²) >= 11 is 1.90. The van der Waals surface area contributed by atoms with Gasteiger partial charge in [0.25, 0.3) is 0 Å². The van der Waals surface area contributed by atoms with Gasteiger partial charge in [-0.15, -0.1) is 11.3 Å². The lowest BCUT2D eigenvalue weighted by atomic mass is 9.82. The van der Waals surface area contributed by atoms with Crippen molar-refractivity contribution in [3.63, 3.8) is 0 Å². The Morgan fingerprint density at radius 3 is 2.85 bits per heavy atom. The minimum atomic E-state index is 0.00106. The minimum Gasteiger partial charge on any atom is -0.381 e. The molecule has 0 aliphatic carbocycles. The molecule has 0 bridgehead atoms. The molecule has 1 fully saturated rings. The van der Waals surface area contributed by atoms with Crippen molar-refractivity contribution < 1.29 is 4.74 Å². The number of aryl methyl sites for hydroxylation is 2. The van der Waals surface area contributed by atoms with Crippen LogP contribution in [0.4, 0.5) is 0 Å². The molecule has 1 aliphatic heterocycles. The van der Waals surface area contributed by atoms with Gasteiger partial charge in [-0.25, -0.2) is 0 Å². The average Bonchev–Trinajstić information content (AvgIpc) is 3.26. The summed E-state index contributed by atoms with van der Waals surface area (Å²) in [6.45, 7) is 12.9. The van der Waals surface area contributed by atoms with Gasteiger partial charge < -0.3 is 4.74 Å².